The smallest absolute Gasteiger partial charge is 0.339 e. The normalized spacial score (nSPS) is 10.3. The van der Waals surface area contributed by atoms with Gasteiger partial charge in [0.1, 0.15) is 5.75 Å². The number of carbonyl (C=O) groups is 2. The predicted octanol–water partition coefficient (Wildman–Crippen LogP) is 2.67. The predicted molar refractivity (Wildman–Crippen MR) is 107 cm³/mol. The van der Waals surface area contributed by atoms with E-state index in [9.17, 15) is 14.4 Å². The van der Waals surface area contributed by atoms with Crippen molar-refractivity contribution in [1.29, 1.82) is 0 Å². The maximum atomic E-state index is 12.7. The fraction of sp³-hybridized carbons (Fsp3) is 0.143. The molecule has 148 valence electrons. The van der Waals surface area contributed by atoms with Crippen LogP contribution in [0.3, 0.4) is 0 Å². The third kappa shape index (κ3) is 4.49. The van der Waals surface area contributed by atoms with Crippen molar-refractivity contribution in [2.75, 3.05) is 19.0 Å². The van der Waals surface area contributed by atoms with Gasteiger partial charge in [0.25, 0.3) is 5.91 Å². The number of amides is 1. The van der Waals surface area contributed by atoms with Crippen LogP contribution in [0.5, 0.6) is 5.75 Å². The van der Waals surface area contributed by atoms with E-state index in [0.29, 0.717) is 18.0 Å². The molecule has 8 nitrogen and oxygen atoms in total. The number of aromatic nitrogens is 2. The van der Waals surface area contributed by atoms with Gasteiger partial charge in [-0.15, -0.1) is 0 Å². The van der Waals surface area contributed by atoms with Crippen molar-refractivity contribution in [3.8, 4) is 11.4 Å². The van der Waals surface area contributed by atoms with E-state index >= 15 is 0 Å². The van der Waals surface area contributed by atoms with Gasteiger partial charge in [0.2, 0.25) is 5.43 Å². The molecular weight excluding hydrogens is 374 g/mol. The van der Waals surface area contributed by atoms with Gasteiger partial charge in [-0.1, -0.05) is 12.1 Å². The highest BCUT2D eigenvalue weighted by Gasteiger charge is 2.18. The van der Waals surface area contributed by atoms with Crippen LogP contribution in [0.25, 0.3) is 5.69 Å². The second kappa shape index (κ2) is 8.83. The second-order valence-corrected chi connectivity index (χ2v) is 5.89. The molecule has 0 fully saturated rings. The zero-order valence-electron chi connectivity index (χ0n) is 15.9. The molecule has 8 heteroatoms. The van der Waals surface area contributed by atoms with Crippen LogP contribution < -0.4 is 15.5 Å². The van der Waals surface area contributed by atoms with Crippen molar-refractivity contribution < 1.29 is 19.1 Å². The van der Waals surface area contributed by atoms with E-state index in [1.807, 2.05) is 6.92 Å². The number of anilines is 1. The number of nitrogens with one attached hydrogen (secondary N) is 1. The SMILES string of the molecule is CCOc1ccc(-n2ccc(=O)c(C(=O)Nc3ccccc3C(=O)OC)n2)cc1. The fourth-order valence-electron chi connectivity index (χ4n) is 2.63. The lowest BCUT2D eigenvalue weighted by atomic mass is 10.1. The lowest BCUT2D eigenvalue weighted by Crippen LogP contribution is -2.26. The Bertz CT molecular complexity index is 1090. The first-order valence-corrected chi connectivity index (χ1v) is 8.85. The molecule has 1 amide bonds. The number of nitrogens with zero attached hydrogens (tertiary/aromatic N) is 2. The van der Waals surface area contributed by atoms with Gasteiger partial charge < -0.3 is 14.8 Å². The van der Waals surface area contributed by atoms with Crippen LogP contribution in [0.1, 0.15) is 27.8 Å². The summed E-state index contributed by atoms with van der Waals surface area (Å²) < 4.78 is 11.5. The first-order chi connectivity index (χ1) is 14.0. The van der Waals surface area contributed by atoms with E-state index in [0.717, 1.165) is 0 Å². The maximum absolute atomic E-state index is 12.7. The summed E-state index contributed by atoms with van der Waals surface area (Å²) >= 11 is 0. The zero-order chi connectivity index (χ0) is 20.8. The van der Waals surface area contributed by atoms with Crippen molar-refractivity contribution in [3.63, 3.8) is 0 Å². The summed E-state index contributed by atoms with van der Waals surface area (Å²) in [5, 5.41) is 6.70. The Hall–Kier alpha value is -3.94. The average molecular weight is 393 g/mol. The van der Waals surface area contributed by atoms with Crippen molar-refractivity contribution >= 4 is 17.6 Å². The van der Waals surface area contributed by atoms with Gasteiger partial charge in [-0.05, 0) is 43.3 Å². The largest absolute Gasteiger partial charge is 0.494 e. The summed E-state index contributed by atoms with van der Waals surface area (Å²) in [7, 11) is 1.25. The lowest BCUT2D eigenvalue weighted by molar-refractivity contribution is 0.0602. The Labute approximate surface area is 166 Å². The molecule has 0 aliphatic rings. The Kier molecular flexibility index (Phi) is 6.03. The molecule has 0 radical (unpaired) electrons. The van der Waals surface area contributed by atoms with Crippen molar-refractivity contribution in [3.05, 3.63) is 82.3 Å². The summed E-state index contributed by atoms with van der Waals surface area (Å²) in [5.74, 6) is -0.630. The van der Waals surface area contributed by atoms with E-state index in [1.165, 1.54) is 36.2 Å². The molecule has 1 N–H and O–H groups in total. The lowest BCUT2D eigenvalue weighted by Gasteiger charge is -2.11. The van der Waals surface area contributed by atoms with Crippen molar-refractivity contribution in [2.24, 2.45) is 0 Å². The Morgan fingerprint density at radius 1 is 1.07 bits per heavy atom. The molecule has 0 aliphatic carbocycles. The fourth-order valence-corrected chi connectivity index (χ4v) is 2.63. The molecule has 0 saturated heterocycles. The number of benzene rings is 2. The summed E-state index contributed by atoms with van der Waals surface area (Å²) in [6, 6.07) is 14.7. The van der Waals surface area contributed by atoms with Gasteiger partial charge >= 0.3 is 5.97 Å². The summed E-state index contributed by atoms with van der Waals surface area (Å²) in [4.78, 5) is 36.7. The molecule has 0 saturated carbocycles. The summed E-state index contributed by atoms with van der Waals surface area (Å²) in [5.41, 5.74) is 0.201. The highest BCUT2D eigenvalue weighted by atomic mass is 16.5. The highest BCUT2D eigenvalue weighted by molar-refractivity contribution is 6.06. The summed E-state index contributed by atoms with van der Waals surface area (Å²) in [6.45, 7) is 2.44. The van der Waals surface area contributed by atoms with E-state index in [4.69, 9.17) is 9.47 Å². The molecule has 29 heavy (non-hydrogen) atoms. The third-order valence-electron chi connectivity index (χ3n) is 4.02. The van der Waals surface area contributed by atoms with E-state index in [1.54, 1.807) is 36.4 Å². The van der Waals surface area contributed by atoms with Crippen LogP contribution in [0.2, 0.25) is 0 Å². The topological polar surface area (TPSA) is 99.5 Å². The molecule has 0 aliphatic heterocycles. The Balaban J connectivity index is 1.90. The molecule has 0 atom stereocenters. The molecule has 2 aromatic carbocycles. The average Bonchev–Trinajstić information content (AvgIpc) is 2.74. The highest BCUT2D eigenvalue weighted by Crippen LogP contribution is 2.17. The summed E-state index contributed by atoms with van der Waals surface area (Å²) in [6.07, 6.45) is 1.47. The molecule has 0 spiro atoms. The second-order valence-electron chi connectivity index (χ2n) is 5.89. The van der Waals surface area contributed by atoms with Crippen LogP contribution in [-0.4, -0.2) is 35.4 Å². The maximum Gasteiger partial charge on any atom is 0.339 e. The van der Waals surface area contributed by atoms with Gasteiger partial charge in [-0.25, -0.2) is 9.48 Å². The molecule has 0 bridgehead atoms. The minimum Gasteiger partial charge on any atom is -0.494 e. The van der Waals surface area contributed by atoms with Gasteiger partial charge in [0, 0.05) is 12.3 Å². The van der Waals surface area contributed by atoms with E-state index in [2.05, 4.69) is 10.4 Å². The van der Waals surface area contributed by atoms with Crippen molar-refractivity contribution in [1.82, 2.24) is 9.78 Å². The number of para-hydroxylation sites is 1. The number of rotatable bonds is 6. The Morgan fingerprint density at radius 2 is 1.79 bits per heavy atom. The minimum absolute atomic E-state index is 0.172. The van der Waals surface area contributed by atoms with Gasteiger partial charge in [0.05, 0.1) is 30.7 Å². The number of hydrogen-bond donors (Lipinski definition) is 1. The zero-order valence-corrected chi connectivity index (χ0v) is 15.9. The quantitative estimate of drug-likeness (QED) is 0.647. The molecule has 3 aromatic rings. The van der Waals surface area contributed by atoms with E-state index in [-0.39, 0.29) is 16.9 Å². The number of esters is 1. The standard InChI is InChI=1S/C21H19N3O5/c1-3-29-15-10-8-14(9-11-15)24-13-12-18(25)19(23-24)20(26)22-17-7-5-4-6-16(17)21(27)28-2/h4-13H,3H2,1-2H3,(H,22,26). The van der Waals surface area contributed by atoms with Crippen LogP contribution in [-0.2, 0) is 4.74 Å². The van der Waals surface area contributed by atoms with Crippen LogP contribution in [0.4, 0.5) is 5.69 Å². The number of carbonyl (C=O) groups excluding carboxylic acids is 2. The molecule has 1 aromatic heterocycles. The van der Waals surface area contributed by atoms with Gasteiger partial charge in [-0.3, -0.25) is 9.59 Å². The van der Waals surface area contributed by atoms with Crippen LogP contribution >= 0.6 is 0 Å². The molecule has 1 heterocycles. The number of ether oxygens (including phenoxy) is 2. The number of hydrogen-bond acceptors (Lipinski definition) is 6. The third-order valence-corrected chi connectivity index (χ3v) is 4.02. The van der Waals surface area contributed by atoms with Crippen LogP contribution in [0, 0.1) is 0 Å². The van der Waals surface area contributed by atoms with Gasteiger partial charge in [-0.2, -0.15) is 5.10 Å². The molecular formula is C21H19N3O5. The Morgan fingerprint density at radius 3 is 2.48 bits per heavy atom. The van der Waals surface area contributed by atoms with Crippen molar-refractivity contribution in [2.45, 2.75) is 6.92 Å². The van der Waals surface area contributed by atoms with Gasteiger partial charge in [0.15, 0.2) is 5.69 Å². The minimum atomic E-state index is -0.730. The molecule has 3 rings (SSSR count). The first kappa shape index (κ1) is 19.8. The number of methoxy groups -OCH3 is 1. The first-order valence-electron chi connectivity index (χ1n) is 8.85. The van der Waals surface area contributed by atoms with E-state index < -0.39 is 17.3 Å². The van der Waals surface area contributed by atoms with Crippen LogP contribution in [0.15, 0.2) is 65.6 Å². The monoisotopic (exact) mass is 393 g/mol. The molecule has 0 unspecified atom stereocenters.